The van der Waals surface area contributed by atoms with Gasteiger partial charge in [-0.3, -0.25) is 19.7 Å². The predicted molar refractivity (Wildman–Crippen MR) is 109 cm³/mol. The zero-order valence-electron chi connectivity index (χ0n) is 14.7. The van der Waals surface area contributed by atoms with Crippen LogP contribution < -0.4 is 10.7 Å². The number of hydrogen-bond acceptors (Lipinski definition) is 7. The van der Waals surface area contributed by atoms with Crippen molar-refractivity contribution in [2.75, 3.05) is 5.32 Å². The standard InChI is InChI=1S/C19H14N4O5S/c24-16-8-7-12(10-15(16)23(27)28)11-20-22-18(25)13-4-1-2-5-14(13)21-19(26)17-6-3-9-29-17/h1-11,24H,(H,21,26)(H,22,25)/b20-11+. The quantitative estimate of drug-likeness (QED) is 0.325. The fraction of sp³-hybridized carbons (Fsp3) is 0. The average molecular weight is 410 g/mol. The lowest BCUT2D eigenvalue weighted by atomic mass is 10.1. The number of hydrogen-bond donors (Lipinski definition) is 3. The van der Waals surface area contributed by atoms with Crippen LogP contribution in [0.4, 0.5) is 11.4 Å². The second kappa shape index (κ2) is 8.76. The monoisotopic (exact) mass is 410 g/mol. The summed E-state index contributed by atoms with van der Waals surface area (Å²) in [5, 5.41) is 28.5. The molecule has 146 valence electrons. The Kier molecular flexibility index (Phi) is 5.95. The average Bonchev–Trinajstić information content (AvgIpc) is 3.24. The fourth-order valence-corrected chi connectivity index (χ4v) is 2.99. The summed E-state index contributed by atoms with van der Waals surface area (Å²) < 4.78 is 0. The van der Waals surface area contributed by atoms with Crippen LogP contribution in [0.25, 0.3) is 0 Å². The Morgan fingerprint density at radius 2 is 1.90 bits per heavy atom. The maximum atomic E-state index is 12.4. The largest absolute Gasteiger partial charge is 0.502 e. The lowest BCUT2D eigenvalue weighted by Gasteiger charge is -2.09. The normalized spacial score (nSPS) is 10.6. The van der Waals surface area contributed by atoms with Gasteiger partial charge < -0.3 is 10.4 Å². The topological polar surface area (TPSA) is 134 Å². The van der Waals surface area contributed by atoms with Gasteiger partial charge in [0.2, 0.25) is 0 Å². The van der Waals surface area contributed by atoms with Crippen molar-refractivity contribution in [1.82, 2.24) is 5.43 Å². The van der Waals surface area contributed by atoms with Crippen molar-refractivity contribution in [2.45, 2.75) is 0 Å². The maximum absolute atomic E-state index is 12.4. The van der Waals surface area contributed by atoms with Gasteiger partial charge in [0.15, 0.2) is 5.75 Å². The predicted octanol–water partition coefficient (Wildman–Crippen LogP) is 3.38. The molecule has 0 aliphatic rings. The minimum Gasteiger partial charge on any atom is -0.502 e. The van der Waals surface area contributed by atoms with Crippen molar-refractivity contribution >= 4 is 40.7 Å². The first-order valence-electron chi connectivity index (χ1n) is 8.20. The number of rotatable bonds is 6. The van der Waals surface area contributed by atoms with Crippen LogP contribution in [0.2, 0.25) is 0 Å². The van der Waals surface area contributed by atoms with E-state index in [2.05, 4.69) is 15.8 Å². The minimum absolute atomic E-state index is 0.200. The van der Waals surface area contributed by atoms with E-state index < -0.39 is 22.3 Å². The van der Waals surface area contributed by atoms with Crippen molar-refractivity contribution in [3.05, 3.63) is 86.1 Å². The Labute approximate surface area is 168 Å². The van der Waals surface area contributed by atoms with E-state index in [0.29, 0.717) is 16.1 Å². The number of nitrogens with one attached hydrogen (secondary N) is 2. The lowest BCUT2D eigenvalue weighted by Crippen LogP contribution is -2.21. The molecule has 0 radical (unpaired) electrons. The van der Waals surface area contributed by atoms with Crippen molar-refractivity contribution < 1.29 is 19.6 Å². The number of aromatic hydroxyl groups is 1. The van der Waals surface area contributed by atoms with Crippen LogP contribution in [0, 0.1) is 10.1 Å². The molecule has 0 atom stereocenters. The smallest absolute Gasteiger partial charge is 0.311 e. The molecule has 3 aromatic rings. The summed E-state index contributed by atoms with van der Waals surface area (Å²) in [6.07, 6.45) is 1.21. The third-order valence-electron chi connectivity index (χ3n) is 3.74. The van der Waals surface area contributed by atoms with Crippen molar-refractivity contribution in [1.29, 1.82) is 0 Å². The molecule has 3 rings (SSSR count). The van der Waals surface area contributed by atoms with Gasteiger partial charge in [-0.05, 0) is 35.7 Å². The number of phenolic OH excluding ortho intramolecular Hbond substituents is 1. The van der Waals surface area contributed by atoms with Crippen LogP contribution in [-0.4, -0.2) is 28.1 Å². The highest BCUT2D eigenvalue weighted by Crippen LogP contribution is 2.25. The highest BCUT2D eigenvalue weighted by molar-refractivity contribution is 7.12. The Bertz CT molecular complexity index is 1100. The number of amides is 2. The first-order valence-corrected chi connectivity index (χ1v) is 9.08. The van der Waals surface area contributed by atoms with Crippen LogP contribution in [0.3, 0.4) is 0 Å². The molecular weight excluding hydrogens is 396 g/mol. The molecule has 9 nitrogen and oxygen atoms in total. The number of anilines is 1. The second-order valence-corrected chi connectivity index (χ2v) is 6.63. The minimum atomic E-state index is -0.724. The lowest BCUT2D eigenvalue weighted by molar-refractivity contribution is -0.385. The number of nitro benzene ring substituents is 1. The summed E-state index contributed by atoms with van der Waals surface area (Å²) in [6, 6.07) is 13.6. The van der Waals surface area contributed by atoms with E-state index in [1.807, 2.05) is 0 Å². The van der Waals surface area contributed by atoms with E-state index in [4.69, 9.17) is 0 Å². The van der Waals surface area contributed by atoms with Crippen LogP contribution in [0.15, 0.2) is 65.1 Å². The molecule has 0 saturated carbocycles. The van der Waals surface area contributed by atoms with Gasteiger partial charge in [-0.25, -0.2) is 5.43 Å². The molecule has 0 aliphatic heterocycles. The van der Waals surface area contributed by atoms with E-state index in [0.717, 1.165) is 12.1 Å². The van der Waals surface area contributed by atoms with E-state index >= 15 is 0 Å². The molecule has 1 aromatic heterocycles. The van der Waals surface area contributed by atoms with Gasteiger partial charge in [-0.1, -0.05) is 18.2 Å². The molecule has 0 spiro atoms. The number of phenols is 1. The van der Waals surface area contributed by atoms with Gasteiger partial charge in [0, 0.05) is 11.6 Å². The number of hydrazone groups is 1. The van der Waals surface area contributed by atoms with Gasteiger partial charge in [-0.2, -0.15) is 5.10 Å². The highest BCUT2D eigenvalue weighted by atomic mass is 32.1. The highest BCUT2D eigenvalue weighted by Gasteiger charge is 2.15. The molecule has 2 amide bonds. The molecule has 2 aromatic carbocycles. The molecule has 0 bridgehead atoms. The van der Waals surface area contributed by atoms with Crippen LogP contribution in [0.1, 0.15) is 25.6 Å². The van der Waals surface area contributed by atoms with Crippen molar-refractivity contribution in [3.63, 3.8) is 0 Å². The molecule has 1 heterocycles. The molecular formula is C19H14N4O5S. The zero-order chi connectivity index (χ0) is 20.8. The molecule has 3 N–H and O–H groups in total. The molecule has 29 heavy (non-hydrogen) atoms. The maximum Gasteiger partial charge on any atom is 0.311 e. The summed E-state index contributed by atoms with van der Waals surface area (Å²) in [6.45, 7) is 0. The summed E-state index contributed by atoms with van der Waals surface area (Å²) >= 11 is 1.28. The van der Waals surface area contributed by atoms with Crippen LogP contribution >= 0.6 is 11.3 Å². The molecule has 0 unspecified atom stereocenters. The third-order valence-corrected chi connectivity index (χ3v) is 4.61. The number of para-hydroxylation sites is 1. The number of carbonyl (C=O) groups is 2. The SMILES string of the molecule is O=C(Nc1ccccc1C(=O)N/N=C/c1ccc(O)c([N+](=O)[O-])c1)c1cccs1. The number of benzene rings is 2. The van der Waals surface area contributed by atoms with Gasteiger partial charge in [-0.15, -0.1) is 11.3 Å². The number of thiophene rings is 1. The third kappa shape index (κ3) is 4.82. The number of nitro groups is 1. The number of nitrogens with zero attached hydrogens (tertiary/aromatic N) is 2. The Morgan fingerprint density at radius 3 is 2.62 bits per heavy atom. The summed E-state index contributed by atoms with van der Waals surface area (Å²) in [5.74, 6) is -1.37. The Hall–Kier alpha value is -4.05. The summed E-state index contributed by atoms with van der Waals surface area (Å²) in [7, 11) is 0. The first kappa shape index (κ1) is 19.7. The van der Waals surface area contributed by atoms with Crippen LogP contribution in [-0.2, 0) is 0 Å². The van der Waals surface area contributed by atoms with E-state index in [1.165, 1.54) is 29.7 Å². The van der Waals surface area contributed by atoms with Gasteiger partial charge in [0.25, 0.3) is 11.8 Å². The molecule has 0 fully saturated rings. The fourth-order valence-electron chi connectivity index (χ4n) is 2.37. The van der Waals surface area contributed by atoms with Gasteiger partial charge in [0.05, 0.1) is 27.3 Å². The van der Waals surface area contributed by atoms with Gasteiger partial charge >= 0.3 is 5.69 Å². The Morgan fingerprint density at radius 1 is 1.10 bits per heavy atom. The van der Waals surface area contributed by atoms with E-state index in [-0.39, 0.29) is 11.5 Å². The first-order chi connectivity index (χ1) is 14.0. The second-order valence-electron chi connectivity index (χ2n) is 5.68. The number of carbonyl (C=O) groups excluding carboxylic acids is 2. The van der Waals surface area contributed by atoms with Crippen molar-refractivity contribution in [2.24, 2.45) is 5.10 Å². The summed E-state index contributed by atoms with van der Waals surface area (Å²) in [5.41, 5.74) is 2.67. The summed E-state index contributed by atoms with van der Waals surface area (Å²) in [4.78, 5) is 35.3. The van der Waals surface area contributed by atoms with Gasteiger partial charge in [0.1, 0.15) is 0 Å². The molecule has 10 heteroatoms. The molecule has 0 saturated heterocycles. The Balaban J connectivity index is 1.71. The van der Waals surface area contributed by atoms with Crippen molar-refractivity contribution in [3.8, 4) is 5.75 Å². The molecule has 0 aliphatic carbocycles. The van der Waals surface area contributed by atoms with E-state index in [1.54, 1.807) is 35.7 Å². The zero-order valence-corrected chi connectivity index (χ0v) is 15.6. The van der Waals surface area contributed by atoms with Crippen LogP contribution in [0.5, 0.6) is 5.75 Å². The van der Waals surface area contributed by atoms with E-state index in [9.17, 15) is 24.8 Å².